The van der Waals surface area contributed by atoms with Crippen molar-refractivity contribution in [2.75, 3.05) is 6.54 Å². The largest absolute Gasteiger partial charge is 0.468 e. The second-order valence-corrected chi connectivity index (χ2v) is 4.03. The van der Waals surface area contributed by atoms with Gasteiger partial charge < -0.3 is 10.2 Å². The summed E-state index contributed by atoms with van der Waals surface area (Å²) in [6, 6.07) is 2.74. The van der Waals surface area contributed by atoms with Gasteiger partial charge in [0.2, 0.25) is 0 Å². The van der Waals surface area contributed by atoms with Crippen LogP contribution in [0.25, 0.3) is 0 Å². The third-order valence-electron chi connectivity index (χ3n) is 3.09. The maximum Gasteiger partial charge on any atom is 0.121 e. The van der Waals surface area contributed by atoms with Crippen LogP contribution in [-0.4, -0.2) is 17.5 Å². The summed E-state index contributed by atoms with van der Waals surface area (Å²) in [5.74, 6) is 0.934. The van der Waals surface area contributed by atoms with E-state index in [2.05, 4.69) is 11.8 Å². The summed E-state index contributed by atoms with van der Waals surface area (Å²) >= 11 is 0. The lowest BCUT2D eigenvalue weighted by molar-refractivity contribution is 0.258. The average Bonchev–Trinajstić information content (AvgIpc) is 2.77. The number of nitrogens with two attached hydrogens (primary N) is 1. The van der Waals surface area contributed by atoms with E-state index in [0.717, 1.165) is 12.3 Å². The zero-order chi connectivity index (χ0) is 9.97. The van der Waals surface area contributed by atoms with Crippen molar-refractivity contribution in [3.8, 4) is 0 Å². The Morgan fingerprint density at radius 1 is 1.64 bits per heavy atom. The van der Waals surface area contributed by atoms with E-state index in [0.29, 0.717) is 12.6 Å². The fraction of sp³-hybridized carbons (Fsp3) is 0.636. The molecule has 14 heavy (non-hydrogen) atoms. The predicted molar refractivity (Wildman–Crippen MR) is 55.7 cm³/mol. The summed E-state index contributed by atoms with van der Waals surface area (Å²) in [7, 11) is 0. The van der Waals surface area contributed by atoms with Crippen molar-refractivity contribution in [1.29, 1.82) is 0 Å². The van der Waals surface area contributed by atoms with Crippen LogP contribution in [-0.2, 0) is 13.1 Å². The fourth-order valence-electron chi connectivity index (χ4n) is 2.13. The normalized spacial score (nSPS) is 23.1. The maximum atomic E-state index is 5.59. The van der Waals surface area contributed by atoms with Gasteiger partial charge in [-0.15, -0.1) is 0 Å². The number of likely N-dealkylation sites (tertiary alicyclic amines) is 1. The number of rotatable bonds is 3. The summed E-state index contributed by atoms with van der Waals surface area (Å²) < 4.78 is 5.31. The third kappa shape index (κ3) is 1.83. The monoisotopic (exact) mass is 194 g/mol. The summed E-state index contributed by atoms with van der Waals surface area (Å²) in [4.78, 5) is 2.49. The zero-order valence-corrected chi connectivity index (χ0v) is 8.70. The van der Waals surface area contributed by atoms with Crippen molar-refractivity contribution in [3.05, 3.63) is 23.7 Å². The van der Waals surface area contributed by atoms with E-state index in [1.807, 2.05) is 6.07 Å². The van der Waals surface area contributed by atoms with E-state index in [4.69, 9.17) is 10.2 Å². The quantitative estimate of drug-likeness (QED) is 0.796. The minimum absolute atomic E-state index is 0.505. The second kappa shape index (κ2) is 4.15. The summed E-state index contributed by atoms with van der Waals surface area (Å²) in [5.41, 5.74) is 6.84. The third-order valence-corrected chi connectivity index (χ3v) is 3.09. The minimum Gasteiger partial charge on any atom is -0.468 e. The fourth-order valence-corrected chi connectivity index (χ4v) is 2.13. The smallest absolute Gasteiger partial charge is 0.121 e. The molecule has 0 radical (unpaired) electrons. The molecule has 1 saturated heterocycles. The van der Waals surface area contributed by atoms with Crippen molar-refractivity contribution >= 4 is 0 Å². The Kier molecular flexibility index (Phi) is 2.89. The van der Waals surface area contributed by atoms with Crippen LogP contribution in [0.3, 0.4) is 0 Å². The van der Waals surface area contributed by atoms with Gasteiger partial charge in [-0.1, -0.05) is 0 Å². The lowest BCUT2D eigenvalue weighted by Gasteiger charge is -2.20. The first-order valence-electron chi connectivity index (χ1n) is 5.30. The summed E-state index contributed by atoms with van der Waals surface area (Å²) in [6.45, 7) is 4.99. The van der Waals surface area contributed by atoms with Crippen LogP contribution in [0.4, 0.5) is 0 Å². The molecule has 3 nitrogen and oxygen atoms in total. The lowest BCUT2D eigenvalue weighted by Crippen LogP contribution is -2.26. The van der Waals surface area contributed by atoms with E-state index in [9.17, 15) is 0 Å². The summed E-state index contributed by atoms with van der Waals surface area (Å²) in [5, 5.41) is 0. The van der Waals surface area contributed by atoms with E-state index in [-0.39, 0.29) is 0 Å². The molecule has 0 spiro atoms. The maximum absolute atomic E-state index is 5.59. The van der Waals surface area contributed by atoms with Crippen molar-refractivity contribution < 1.29 is 4.42 Å². The van der Waals surface area contributed by atoms with Gasteiger partial charge in [0.15, 0.2) is 0 Å². The highest BCUT2D eigenvalue weighted by atomic mass is 16.3. The van der Waals surface area contributed by atoms with Gasteiger partial charge in [0, 0.05) is 18.2 Å². The first-order valence-corrected chi connectivity index (χ1v) is 5.30. The Morgan fingerprint density at radius 3 is 3.14 bits per heavy atom. The molecule has 0 amide bonds. The number of hydrogen-bond acceptors (Lipinski definition) is 3. The molecule has 2 heterocycles. The molecular formula is C11H18N2O. The SMILES string of the molecule is CC1CCCN1Cc1ccoc1CN. The Labute approximate surface area is 84.9 Å². The molecule has 2 N–H and O–H groups in total. The molecule has 1 atom stereocenters. The van der Waals surface area contributed by atoms with Gasteiger partial charge in [-0.3, -0.25) is 4.90 Å². The molecule has 1 aromatic rings. The predicted octanol–water partition coefficient (Wildman–Crippen LogP) is 1.72. The minimum atomic E-state index is 0.505. The first kappa shape index (κ1) is 9.74. The topological polar surface area (TPSA) is 42.4 Å². The molecule has 0 aliphatic carbocycles. The van der Waals surface area contributed by atoms with Gasteiger partial charge in [-0.25, -0.2) is 0 Å². The van der Waals surface area contributed by atoms with Crippen LogP contribution in [0.5, 0.6) is 0 Å². The molecule has 1 aliphatic heterocycles. The van der Waals surface area contributed by atoms with Crippen LogP contribution >= 0.6 is 0 Å². The molecule has 0 saturated carbocycles. The number of hydrogen-bond donors (Lipinski definition) is 1. The van der Waals surface area contributed by atoms with Crippen LogP contribution < -0.4 is 5.73 Å². The second-order valence-electron chi connectivity index (χ2n) is 4.03. The van der Waals surface area contributed by atoms with Gasteiger partial charge in [-0.2, -0.15) is 0 Å². The van der Waals surface area contributed by atoms with Crippen LogP contribution in [0.15, 0.2) is 16.7 Å². The molecule has 1 unspecified atom stereocenters. The summed E-state index contributed by atoms with van der Waals surface area (Å²) in [6.07, 6.45) is 4.37. The highest BCUT2D eigenvalue weighted by molar-refractivity contribution is 5.16. The van der Waals surface area contributed by atoms with Gasteiger partial charge in [0.25, 0.3) is 0 Å². The molecule has 0 aromatic carbocycles. The van der Waals surface area contributed by atoms with Crippen molar-refractivity contribution in [2.24, 2.45) is 5.73 Å². The Balaban J connectivity index is 2.02. The van der Waals surface area contributed by atoms with E-state index in [1.165, 1.54) is 24.9 Å². The van der Waals surface area contributed by atoms with E-state index < -0.39 is 0 Å². The van der Waals surface area contributed by atoms with E-state index >= 15 is 0 Å². The lowest BCUT2D eigenvalue weighted by atomic mass is 10.2. The van der Waals surface area contributed by atoms with Crippen LogP contribution in [0.2, 0.25) is 0 Å². The van der Waals surface area contributed by atoms with Crippen LogP contribution in [0.1, 0.15) is 31.1 Å². The van der Waals surface area contributed by atoms with Crippen molar-refractivity contribution in [3.63, 3.8) is 0 Å². The standard InChI is InChI=1S/C11H18N2O/c1-9-3-2-5-13(9)8-10-4-6-14-11(10)7-12/h4,6,9H,2-3,5,7-8,12H2,1H3. The zero-order valence-electron chi connectivity index (χ0n) is 8.70. The van der Waals surface area contributed by atoms with Crippen molar-refractivity contribution in [1.82, 2.24) is 4.90 Å². The molecule has 1 fully saturated rings. The molecule has 0 bridgehead atoms. The van der Waals surface area contributed by atoms with Gasteiger partial charge in [-0.05, 0) is 32.4 Å². The molecular weight excluding hydrogens is 176 g/mol. The highest BCUT2D eigenvalue weighted by Gasteiger charge is 2.21. The van der Waals surface area contributed by atoms with Crippen molar-refractivity contribution in [2.45, 2.75) is 38.9 Å². The number of nitrogens with zero attached hydrogens (tertiary/aromatic N) is 1. The molecule has 78 valence electrons. The van der Waals surface area contributed by atoms with Gasteiger partial charge in [0.05, 0.1) is 12.8 Å². The Morgan fingerprint density at radius 2 is 2.50 bits per heavy atom. The molecule has 1 aliphatic rings. The molecule has 1 aromatic heterocycles. The number of furan rings is 1. The van der Waals surface area contributed by atoms with E-state index in [1.54, 1.807) is 6.26 Å². The molecule has 3 heteroatoms. The van der Waals surface area contributed by atoms with Crippen LogP contribution in [0, 0.1) is 0 Å². The average molecular weight is 194 g/mol. The highest BCUT2D eigenvalue weighted by Crippen LogP contribution is 2.21. The van der Waals surface area contributed by atoms with Gasteiger partial charge in [0.1, 0.15) is 5.76 Å². The van der Waals surface area contributed by atoms with Gasteiger partial charge >= 0.3 is 0 Å². The Bertz CT molecular complexity index is 295. The first-order chi connectivity index (χ1) is 6.81. The molecule has 2 rings (SSSR count). The Hall–Kier alpha value is -0.800.